The molecule has 1 aliphatic heterocycles. The highest BCUT2D eigenvalue weighted by Crippen LogP contribution is 2.20. The van der Waals surface area contributed by atoms with Crippen LogP contribution >= 0.6 is 0 Å². The number of anilines is 1. The molecular weight excluding hydrogens is 387 g/mol. The van der Waals surface area contributed by atoms with Gasteiger partial charge in [-0.2, -0.15) is 10.1 Å². The fourth-order valence-electron chi connectivity index (χ4n) is 3.65. The molecule has 1 aliphatic rings. The quantitative estimate of drug-likeness (QED) is 0.698. The van der Waals surface area contributed by atoms with Gasteiger partial charge in [-0.1, -0.05) is 0 Å². The van der Waals surface area contributed by atoms with Crippen LogP contribution in [-0.2, 0) is 5.54 Å². The fraction of sp³-hybridized carbons (Fsp3) is 0.429. The third-order valence-corrected chi connectivity index (χ3v) is 5.23. The van der Waals surface area contributed by atoms with Gasteiger partial charge in [-0.05, 0) is 51.5 Å². The Kier molecular flexibility index (Phi) is 5.05. The zero-order valence-corrected chi connectivity index (χ0v) is 17.4. The van der Waals surface area contributed by atoms with Crippen LogP contribution in [0.2, 0.25) is 0 Å². The predicted octanol–water partition coefficient (Wildman–Crippen LogP) is 2.37. The summed E-state index contributed by atoms with van der Waals surface area (Å²) < 4.78 is 14.9. The number of carbonyl (C=O) groups excluding carboxylic acids is 1. The number of carbonyl (C=O) groups is 1. The summed E-state index contributed by atoms with van der Waals surface area (Å²) in [5.41, 5.74) is 0.474. The predicted molar refractivity (Wildman–Crippen MR) is 112 cm³/mol. The van der Waals surface area contributed by atoms with Gasteiger partial charge in [0.25, 0.3) is 11.5 Å². The average Bonchev–Trinajstić information content (AvgIpc) is 2.99. The zero-order chi connectivity index (χ0) is 21.5. The summed E-state index contributed by atoms with van der Waals surface area (Å²) in [7, 11) is 0. The molecule has 3 aromatic rings. The highest BCUT2D eigenvalue weighted by molar-refractivity contribution is 5.94. The Hall–Kier alpha value is -3.23. The van der Waals surface area contributed by atoms with Crippen LogP contribution in [0.25, 0.3) is 11.0 Å². The van der Waals surface area contributed by atoms with Crippen LogP contribution in [0.5, 0.6) is 0 Å². The highest BCUT2D eigenvalue weighted by atomic mass is 19.1. The summed E-state index contributed by atoms with van der Waals surface area (Å²) in [6.45, 7) is 8.28. The van der Waals surface area contributed by atoms with Crippen LogP contribution < -0.4 is 10.5 Å². The van der Waals surface area contributed by atoms with Gasteiger partial charge in [0.2, 0.25) is 5.95 Å². The van der Waals surface area contributed by atoms with E-state index in [4.69, 9.17) is 4.98 Å². The van der Waals surface area contributed by atoms with E-state index in [1.54, 1.807) is 15.8 Å². The SMILES string of the molecule is CC(C)(C)n1ncc2c(=O)[nH]c(N3CCCN(C(=O)c4ccc(F)cc4)CC3)nc21. The van der Waals surface area contributed by atoms with Gasteiger partial charge in [-0.25, -0.2) is 9.07 Å². The smallest absolute Gasteiger partial charge is 0.263 e. The topological polar surface area (TPSA) is 87.1 Å². The molecule has 1 N–H and O–H groups in total. The summed E-state index contributed by atoms with van der Waals surface area (Å²) in [4.78, 5) is 36.6. The van der Waals surface area contributed by atoms with E-state index in [1.165, 1.54) is 24.3 Å². The first-order valence-electron chi connectivity index (χ1n) is 10.0. The number of halogens is 1. The second kappa shape index (κ2) is 7.55. The van der Waals surface area contributed by atoms with E-state index >= 15 is 0 Å². The van der Waals surface area contributed by atoms with Crippen LogP contribution in [0.1, 0.15) is 37.6 Å². The Morgan fingerprint density at radius 2 is 1.83 bits per heavy atom. The number of rotatable bonds is 2. The van der Waals surface area contributed by atoms with E-state index in [-0.39, 0.29) is 22.8 Å². The first-order valence-corrected chi connectivity index (χ1v) is 10.0. The second-order valence-electron chi connectivity index (χ2n) is 8.49. The van der Waals surface area contributed by atoms with E-state index in [1.807, 2.05) is 25.7 Å². The van der Waals surface area contributed by atoms with Crippen molar-refractivity contribution in [2.45, 2.75) is 32.7 Å². The minimum Gasteiger partial charge on any atom is -0.340 e. The van der Waals surface area contributed by atoms with Crippen molar-refractivity contribution in [2.75, 3.05) is 31.1 Å². The van der Waals surface area contributed by atoms with Crippen molar-refractivity contribution >= 4 is 22.9 Å². The molecule has 30 heavy (non-hydrogen) atoms. The number of aromatic amines is 1. The van der Waals surface area contributed by atoms with Crippen molar-refractivity contribution in [1.82, 2.24) is 24.6 Å². The van der Waals surface area contributed by atoms with Gasteiger partial charge < -0.3 is 9.80 Å². The van der Waals surface area contributed by atoms with Crippen molar-refractivity contribution < 1.29 is 9.18 Å². The normalized spacial score (nSPS) is 15.5. The van der Waals surface area contributed by atoms with Crippen LogP contribution in [0.3, 0.4) is 0 Å². The van der Waals surface area contributed by atoms with E-state index in [0.29, 0.717) is 48.7 Å². The summed E-state index contributed by atoms with van der Waals surface area (Å²) >= 11 is 0. The number of nitrogens with zero attached hydrogens (tertiary/aromatic N) is 5. The van der Waals surface area contributed by atoms with Crippen LogP contribution in [-0.4, -0.2) is 56.7 Å². The van der Waals surface area contributed by atoms with Crippen molar-refractivity contribution in [3.63, 3.8) is 0 Å². The molecule has 0 saturated carbocycles. The van der Waals surface area contributed by atoms with E-state index in [0.717, 1.165) is 6.42 Å². The van der Waals surface area contributed by atoms with E-state index in [2.05, 4.69) is 10.1 Å². The second-order valence-corrected chi connectivity index (χ2v) is 8.49. The molecule has 0 atom stereocenters. The van der Waals surface area contributed by atoms with Gasteiger partial charge in [0.15, 0.2) is 5.65 Å². The summed E-state index contributed by atoms with van der Waals surface area (Å²) in [6, 6.07) is 5.58. The van der Waals surface area contributed by atoms with Gasteiger partial charge in [-0.15, -0.1) is 0 Å². The Bertz CT molecular complexity index is 1130. The zero-order valence-electron chi connectivity index (χ0n) is 17.4. The lowest BCUT2D eigenvalue weighted by Gasteiger charge is -2.23. The largest absolute Gasteiger partial charge is 0.340 e. The number of amides is 1. The summed E-state index contributed by atoms with van der Waals surface area (Å²) in [6.07, 6.45) is 2.27. The van der Waals surface area contributed by atoms with E-state index in [9.17, 15) is 14.0 Å². The molecule has 1 aromatic carbocycles. The lowest BCUT2D eigenvalue weighted by molar-refractivity contribution is 0.0767. The number of benzene rings is 1. The molecule has 158 valence electrons. The number of aromatic nitrogens is 4. The Morgan fingerprint density at radius 1 is 1.10 bits per heavy atom. The third-order valence-electron chi connectivity index (χ3n) is 5.23. The van der Waals surface area contributed by atoms with Crippen molar-refractivity contribution in [2.24, 2.45) is 0 Å². The molecule has 1 fully saturated rings. The van der Waals surface area contributed by atoms with Gasteiger partial charge in [0.05, 0.1) is 11.7 Å². The van der Waals surface area contributed by atoms with Gasteiger partial charge in [-0.3, -0.25) is 14.6 Å². The Balaban J connectivity index is 1.57. The standard InChI is InChI=1S/C21H25FN6O2/c1-21(2,3)28-17-16(13-23-28)18(29)25-20(24-17)27-10-4-9-26(11-12-27)19(30)14-5-7-15(22)8-6-14/h5-8,13H,4,9-12H2,1-3H3,(H,24,25,29). The minimum atomic E-state index is -0.367. The van der Waals surface area contributed by atoms with Gasteiger partial charge in [0, 0.05) is 31.7 Å². The number of hydrogen-bond acceptors (Lipinski definition) is 5. The molecule has 1 amide bonds. The first-order chi connectivity index (χ1) is 14.2. The molecule has 4 rings (SSSR count). The maximum absolute atomic E-state index is 13.1. The first kappa shape index (κ1) is 20.1. The highest BCUT2D eigenvalue weighted by Gasteiger charge is 2.24. The number of fused-ring (bicyclic) bond motifs is 1. The number of hydrogen-bond donors (Lipinski definition) is 1. The van der Waals surface area contributed by atoms with Crippen molar-refractivity contribution in [3.8, 4) is 0 Å². The van der Waals surface area contributed by atoms with Crippen LogP contribution in [0.15, 0.2) is 35.3 Å². The molecule has 3 heterocycles. The molecular formula is C21H25FN6O2. The molecule has 1 saturated heterocycles. The number of H-pyrrole nitrogens is 1. The lowest BCUT2D eigenvalue weighted by atomic mass is 10.1. The van der Waals surface area contributed by atoms with E-state index < -0.39 is 0 Å². The Labute approximate surface area is 173 Å². The molecule has 8 nitrogen and oxygen atoms in total. The molecule has 0 aliphatic carbocycles. The molecule has 0 bridgehead atoms. The average molecular weight is 412 g/mol. The van der Waals surface area contributed by atoms with Gasteiger partial charge in [0.1, 0.15) is 11.2 Å². The summed E-state index contributed by atoms with van der Waals surface area (Å²) in [5, 5.41) is 4.80. The molecule has 9 heteroatoms. The van der Waals surface area contributed by atoms with Gasteiger partial charge >= 0.3 is 0 Å². The monoisotopic (exact) mass is 412 g/mol. The van der Waals surface area contributed by atoms with Crippen LogP contribution in [0.4, 0.5) is 10.3 Å². The minimum absolute atomic E-state index is 0.125. The van der Waals surface area contributed by atoms with Crippen LogP contribution in [0, 0.1) is 5.82 Å². The molecule has 0 unspecified atom stereocenters. The fourth-order valence-corrected chi connectivity index (χ4v) is 3.65. The maximum Gasteiger partial charge on any atom is 0.263 e. The maximum atomic E-state index is 13.1. The summed E-state index contributed by atoms with van der Waals surface area (Å²) in [5.74, 6) is -0.0114. The molecule has 0 spiro atoms. The Morgan fingerprint density at radius 3 is 2.53 bits per heavy atom. The third kappa shape index (κ3) is 3.79. The number of nitrogens with one attached hydrogen (secondary N) is 1. The lowest BCUT2D eigenvalue weighted by Crippen LogP contribution is -2.36. The van der Waals surface area contributed by atoms with Crippen molar-refractivity contribution in [3.05, 3.63) is 52.2 Å². The van der Waals surface area contributed by atoms with Crippen molar-refractivity contribution in [1.29, 1.82) is 0 Å². The molecule has 2 aromatic heterocycles. The molecule has 0 radical (unpaired) electrons.